The number of methoxy groups -OCH3 is 1. The van der Waals surface area contributed by atoms with Crippen molar-refractivity contribution in [3.8, 4) is 0 Å². The number of amides is 2. The van der Waals surface area contributed by atoms with Crippen LogP contribution in [0, 0.1) is 0 Å². The summed E-state index contributed by atoms with van der Waals surface area (Å²) >= 11 is 6.09. The summed E-state index contributed by atoms with van der Waals surface area (Å²) in [4.78, 5) is 28.5. The molecule has 11 heteroatoms. The number of aromatic nitrogens is 1. The van der Waals surface area contributed by atoms with Crippen LogP contribution in [0.3, 0.4) is 0 Å². The third-order valence-electron chi connectivity index (χ3n) is 6.42. The van der Waals surface area contributed by atoms with Crippen molar-refractivity contribution in [3.63, 3.8) is 0 Å². The summed E-state index contributed by atoms with van der Waals surface area (Å²) in [7, 11) is 1.52. The number of benzene rings is 2. The van der Waals surface area contributed by atoms with E-state index in [0.717, 1.165) is 6.07 Å². The normalized spacial score (nSPS) is 17.7. The van der Waals surface area contributed by atoms with Gasteiger partial charge in [-0.2, -0.15) is 13.2 Å². The molecule has 1 aliphatic rings. The fourth-order valence-corrected chi connectivity index (χ4v) is 4.66. The van der Waals surface area contributed by atoms with E-state index in [0.29, 0.717) is 59.6 Å². The fourth-order valence-electron chi connectivity index (χ4n) is 4.49. The lowest BCUT2D eigenvalue weighted by atomic mass is 9.90. The van der Waals surface area contributed by atoms with E-state index in [4.69, 9.17) is 16.3 Å². The number of nitrogens with one attached hydrogen (secondary N) is 3. The molecule has 1 fully saturated rings. The van der Waals surface area contributed by atoms with E-state index in [1.54, 1.807) is 30.3 Å². The maximum atomic E-state index is 13.4. The van der Waals surface area contributed by atoms with Crippen molar-refractivity contribution < 1.29 is 27.5 Å². The molecule has 0 unspecified atom stereocenters. The SMILES string of the molecule is COCCC(=O)Nc1cccc(C(=O)N[C@H]2CC[C@@H](Nc3cc(C(F)(F)F)nc4ccc(Cl)cc34)CC2)c1. The molecule has 0 radical (unpaired) electrons. The lowest BCUT2D eigenvalue weighted by Gasteiger charge is -2.31. The fraction of sp³-hybridized carbons (Fsp3) is 0.370. The van der Waals surface area contributed by atoms with Crippen molar-refractivity contribution in [2.45, 2.75) is 50.4 Å². The van der Waals surface area contributed by atoms with Crippen LogP contribution in [-0.2, 0) is 15.7 Å². The molecule has 3 N–H and O–H groups in total. The van der Waals surface area contributed by atoms with Crippen LogP contribution in [-0.4, -0.2) is 42.6 Å². The molecule has 202 valence electrons. The van der Waals surface area contributed by atoms with Crippen molar-refractivity contribution in [1.82, 2.24) is 10.3 Å². The third-order valence-corrected chi connectivity index (χ3v) is 6.66. The van der Waals surface area contributed by atoms with Gasteiger partial charge < -0.3 is 20.7 Å². The zero-order chi connectivity index (χ0) is 27.3. The summed E-state index contributed by atoms with van der Waals surface area (Å²) in [5.41, 5.74) is 0.531. The minimum absolute atomic E-state index is 0.0699. The molecule has 2 amide bonds. The van der Waals surface area contributed by atoms with E-state index in [-0.39, 0.29) is 35.8 Å². The van der Waals surface area contributed by atoms with Gasteiger partial charge in [-0.3, -0.25) is 9.59 Å². The number of nitrogens with zero attached hydrogens (tertiary/aromatic N) is 1. The molecule has 0 aliphatic heterocycles. The maximum absolute atomic E-state index is 13.4. The number of fused-ring (bicyclic) bond motifs is 1. The number of pyridine rings is 1. The number of alkyl halides is 3. The maximum Gasteiger partial charge on any atom is 0.433 e. The zero-order valence-electron chi connectivity index (χ0n) is 20.7. The number of carbonyl (C=O) groups excluding carboxylic acids is 2. The number of halogens is 4. The van der Waals surface area contributed by atoms with Crippen LogP contribution in [0.25, 0.3) is 10.9 Å². The van der Waals surface area contributed by atoms with Gasteiger partial charge in [0.05, 0.1) is 18.5 Å². The Morgan fingerprint density at radius 2 is 1.79 bits per heavy atom. The summed E-state index contributed by atoms with van der Waals surface area (Å²) < 4.78 is 45.2. The predicted octanol–water partition coefficient (Wildman–Crippen LogP) is 6.04. The Balaban J connectivity index is 1.36. The second-order valence-corrected chi connectivity index (χ2v) is 9.69. The lowest BCUT2D eigenvalue weighted by molar-refractivity contribution is -0.140. The van der Waals surface area contributed by atoms with E-state index < -0.39 is 11.9 Å². The number of hydrogen-bond acceptors (Lipinski definition) is 5. The predicted molar refractivity (Wildman–Crippen MR) is 140 cm³/mol. The van der Waals surface area contributed by atoms with Crippen molar-refractivity contribution in [2.24, 2.45) is 0 Å². The van der Waals surface area contributed by atoms with Crippen molar-refractivity contribution in [2.75, 3.05) is 24.4 Å². The number of ether oxygens (including phenoxy) is 1. The molecule has 1 aliphatic carbocycles. The van der Waals surface area contributed by atoms with Gasteiger partial charge in [0, 0.05) is 46.5 Å². The molecule has 1 heterocycles. The summed E-state index contributed by atoms with van der Waals surface area (Å²) in [6, 6.07) is 12.2. The number of carbonyl (C=O) groups is 2. The molecule has 1 aromatic heterocycles. The second kappa shape index (κ2) is 12.0. The van der Waals surface area contributed by atoms with Crippen LogP contribution in [0.1, 0.15) is 48.2 Å². The number of hydrogen-bond donors (Lipinski definition) is 3. The first kappa shape index (κ1) is 27.7. The minimum Gasteiger partial charge on any atom is -0.384 e. The van der Waals surface area contributed by atoms with Crippen LogP contribution in [0.4, 0.5) is 24.5 Å². The quantitative estimate of drug-likeness (QED) is 0.319. The van der Waals surface area contributed by atoms with Gasteiger partial charge in [0.15, 0.2) is 0 Å². The Labute approximate surface area is 223 Å². The summed E-state index contributed by atoms with van der Waals surface area (Å²) in [5.74, 6) is -0.458. The highest BCUT2D eigenvalue weighted by Crippen LogP contribution is 2.35. The molecule has 0 spiro atoms. The van der Waals surface area contributed by atoms with Crippen molar-refractivity contribution in [1.29, 1.82) is 0 Å². The molecule has 38 heavy (non-hydrogen) atoms. The van der Waals surface area contributed by atoms with Gasteiger partial charge in [0.1, 0.15) is 5.69 Å². The number of anilines is 2. The first-order chi connectivity index (χ1) is 18.1. The van der Waals surface area contributed by atoms with Gasteiger partial charge in [-0.1, -0.05) is 17.7 Å². The second-order valence-electron chi connectivity index (χ2n) is 9.25. The highest BCUT2D eigenvalue weighted by Gasteiger charge is 2.34. The molecule has 0 atom stereocenters. The molecule has 0 bridgehead atoms. The molecule has 3 aromatic rings. The van der Waals surface area contributed by atoms with Crippen LogP contribution in [0.5, 0.6) is 0 Å². The van der Waals surface area contributed by atoms with E-state index in [1.165, 1.54) is 19.2 Å². The highest BCUT2D eigenvalue weighted by molar-refractivity contribution is 6.31. The van der Waals surface area contributed by atoms with E-state index in [2.05, 4.69) is 20.9 Å². The number of rotatable bonds is 8. The van der Waals surface area contributed by atoms with Crippen molar-refractivity contribution >= 4 is 45.7 Å². The minimum atomic E-state index is -4.57. The first-order valence-electron chi connectivity index (χ1n) is 12.3. The summed E-state index contributed by atoms with van der Waals surface area (Å²) in [6.45, 7) is 0.304. The monoisotopic (exact) mass is 548 g/mol. The molecule has 0 saturated heterocycles. The van der Waals surface area contributed by atoms with Crippen LogP contribution >= 0.6 is 11.6 Å². The van der Waals surface area contributed by atoms with E-state index in [9.17, 15) is 22.8 Å². The largest absolute Gasteiger partial charge is 0.433 e. The standard InChI is InChI=1S/C27H28ClF3N4O3/c1-38-12-11-25(36)33-20-4-2-3-16(13-20)26(37)34-19-8-6-18(7-9-19)32-23-15-24(27(29,30)31)35-22-10-5-17(28)14-21(22)23/h2-5,10,13-15,18-19H,6-9,11-12H2,1H3,(H,32,35)(H,33,36)(H,34,37)/t18-,19+. The van der Waals surface area contributed by atoms with Gasteiger partial charge in [-0.15, -0.1) is 0 Å². The highest BCUT2D eigenvalue weighted by atomic mass is 35.5. The molecule has 2 aromatic carbocycles. The Morgan fingerprint density at radius 1 is 1.05 bits per heavy atom. The van der Waals surface area contributed by atoms with E-state index >= 15 is 0 Å². The Kier molecular flexibility index (Phi) is 8.73. The lowest BCUT2D eigenvalue weighted by Crippen LogP contribution is -2.40. The van der Waals surface area contributed by atoms with Crippen LogP contribution < -0.4 is 16.0 Å². The van der Waals surface area contributed by atoms with Gasteiger partial charge in [0.2, 0.25) is 5.91 Å². The molecule has 7 nitrogen and oxygen atoms in total. The van der Waals surface area contributed by atoms with E-state index in [1.807, 2.05) is 0 Å². The average molecular weight is 549 g/mol. The van der Waals surface area contributed by atoms with Gasteiger partial charge in [-0.25, -0.2) is 4.98 Å². The van der Waals surface area contributed by atoms with Crippen LogP contribution in [0.2, 0.25) is 5.02 Å². The molecular formula is C27H28ClF3N4O3. The Morgan fingerprint density at radius 3 is 2.50 bits per heavy atom. The average Bonchev–Trinajstić information content (AvgIpc) is 2.88. The van der Waals surface area contributed by atoms with Gasteiger partial charge >= 0.3 is 6.18 Å². The summed E-state index contributed by atoms with van der Waals surface area (Å²) in [5, 5.41) is 9.95. The molecule has 1 saturated carbocycles. The Bertz CT molecular complexity index is 1310. The first-order valence-corrected chi connectivity index (χ1v) is 12.6. The summed E-state index contributed by atoms with van der Waals surface area (Å²) in [6.07, 6.45) is -1.72. The van der Waals surface area contributed by atoms with Gasteiger partial charge in [0.25, 0.3) is 5.91 Å². The smallest absolute Gasteiger partial charge is 0.384 e. The Hall–Kier alpha value is -3.37. The van der Waals surface area contributed by atoms with Gasteiger partial charge in [-0.05, 0) is 68.1 Å². The molecular weight excluding hydrogens is 521 g/mol. The third kappa shape index (κ3) is 7.14. The zero-order valence-corrected chi connectivity index (χ0v) is 21.5. The van der Waals surface area contributed by atoms with Crippen LogP contribution in [0.15, 0.2) is 48.5 Å². The van der Waals surface area contributed by atoms with Crippen molar-refractivity contribution in [3.05, 3.63) is 64.8 Å². The topological polar surface area (TPSA) is 92.3 Å². The molecule has 4 rings (SSSR count).